The molecule has 1 aromatic rings. The van der Waals surface area contributed by atoms with Crippen molar-refractivity contribution in [1.82, 2.24) is 0 Å². The number of carbonyl (C=O) groups excluding carboxylic acids is 1. The van der Waals surface area contributed by atoms with Crippen LogP contribution >= 0.6 is 0 Å². The highest BCUT2D eigenvalue weighted by Gasteiger charge is 2.40. The highest BCUT2D eigenvalue weighted by Crippen LogP contribution is 2.38. The number of aryl methyl sites for hydroxylation is 2. The van der Waals surface area contributed by atoms with Gasteiger partial charge in [0.1, 0.15) is 12.6 Å². The van der Waals surface area contributed by atoms with Crippen LogP contribution in [0.1, 0.15) is 63.1 Å². The van der Waals surface area contributed by atoms with Gasteiger partial charge < -0.3 is 9.84 Å². The van der Waals surface area contributed by atoms with Crippen molar-refractivity contribution in [3.8, 4) is 0 Å². The molecule has 0 heterocycles. The molecule has 1 N–H and O–H groups in total. The minimum Gasteiger partial charge on any atom is -0.371 e. The summed E-state index contributed by atoms with van der Waals surface area (Å²) in [5, 5.41) is 9.24. The Labute approximate surface area is 141 Å². The maximum atomic E-state index is 11.5. The van der Waals surface area contributed by atoms with Gasteiger partial charge in [0.15, 0.2) is 0 Å². The number of aliphatic hydroxyl groups is 1. The first-order valence-corrected chi connectivity index (χ1v) is 8.79. The van der Waals surface area contributed by atoms with E-state index in [0.717, 1.165) is 19.3 Å². The number of hydrogen-bond acceptors (Lipinski definition) is 3. The summed E-state index contributed by atoms with van der Waals surface area (Å²) >= 11 is 0. The number of aliphatic hydroxyl groups excluding tert-OH is 1. The van der Waals surface area contributed by atoms with Gasteiger partial charge in [-0.05, 0) is 55.7 Å². The normalized spacial score (nSPS) is 18.1. The molecule has 1 atom stereocenters. The Morgan fingerprint density at radius 1 is 1.17 bits per heavy atom. The second-order valence-corrected chi connectivity index (χ2v) is 6.40. The highest BCUT2D eigenvalue weighted by atomic mass is 16.6. The maximum absolute atomic E-state index is 11.5. The van der Waals surface area contributed by atoms with Gasteiger partial charge in [-0.25, -0.2) is 0 Å². The van der Waals surface area contributed by atoms with Crippen LogP contribution in [0.25, 0.3) is 0 Å². The molecule has 23 heavy (non-hydrogen) atoms. The Bertz CT molecular complexity index is 498. The Hall–Kier alpha value is -1.19. The van der Waals surface area contributed by atoms with Crippen LogP contribution in [0, 0.1) is 19.8 Å². The van der Waals surface area contributed by atoms with E-state index in [-0.39, 0.29) is 18.3 Å². The molecule has 0 radical (unpaired) electrons. The van der Waals surface area contributed by atoms with E-state index in [1.54, 1.807) is 0 Å². The molecule has 0 bridgehead atoms. The van der Waals surface area contributed by atoms with Crippen molar-refractivity contribution in [2.75, 3.05) is 6.79 Å². The van der Waals surface area contributed by atoms with Crippen LogP contribution < -0.4 is 0 Å². The summed E-state index contributed by atoms with van der Waals surface area (Å²) in [6, 6.07) is 6.55. The molecule has 2 rings (SSSR count). The molecule has 1 aliphatic rings. The average molecular weight is 320 g/mol. The standard InChI is InChI=1S/C18H26O3.C2H6/c1-13-4-5-16(10-14(13)2)11-15(3)18(21-12-19)8-6-17(20)7-9-18;1-2/h4-5,10,15,19H,6-9,11-12H2,1-3H3;1-2H3. The first-order chi connectivity index (χ1) is 11.0. The molecular weight excluding hydrogens is 288 g/mol. The van der Waals surface area contributed by atoms with E-state index in [4.69, 9.17) is 4.74 Å². The van der Waals surface area contributed by atoms with E-state index >= 15 is 0 Å². The van der Waals surface area contributed by atoms with Crippen molar-refractivity contribution >= 4 is 5.78 Å². The second-order valence-electron chi connectivity index (χ2n) is 6.40. The number of ketones is 1. The van der Waals surface area contributed by atoms with Crippen LogP contribution in [0.3, 0.4) is 0 Å². The summed E-state index contributed by atoms with van der Waals surface area (Å²) in [5.41, 5.74) is 3.54. The van der Waals surface area contributed by atoms with Crippen LogP contribution in [0.15, 0.2) is 18.2 Å². The number of benzene rings is 1. The number of Topliss-reactive ketones (excluding diaryl/α,β-unsaturated/α-hetero) is 1. The molecule has 0 spiro atoms. The molecule has 0 aliphatic heterocycles. The molecule has 1 aromatic carbocycles. The zero-order valence-corrected chi connectivity index (χ0v) is 15.3. The zero-order valence-electron chi connectivity index (χ0n) is 15.3. The predicted molar refractivity (Wildman–Crippen MR) is 94.5 cm³/mol. The molecule has 0 aromatic heterocycles. The zero-order chi connectivity index (χ0) is 17.5. The molecule has 3 nitrogen and oxygen atoms in total. The molecule has 1 unspecified atom stereocenters. The molecule has 1 aliphatic carbocycles. The van der Waals surface area contributed by atoms with Gasteiger partial charge in [-0.15, -0.1) is 0 Å². The Morgan fingerprint density at radius 3 is 2.30 bits per heavy atom. The van der Waals surface area contributed by atoms with Crippen molar-refractivity contribution in [2.24, 2.45) is 5.92 Å². The van der Waals surface area contributed by atoms with Gasteiger partial charge in [-0.3, -0.25) is 4.79 Å². The molecule has 3 heteroatoms. The number of carbonyl (C=O) groups is 1. The largest absolute Gasteiger partial charge is 0.371 e. The van der Waals surface area contributed by atoms with Crippen molar-refractivity contribution < 1.29 is 14.6 Å². The fourth-order valence-corrected chi connectivity index (χ4v) is 3.33. The van der Waals surface area contributed by atoms with Crippen molar-refractivity contribution in [1.29, 1.82) is 0 Å². The lowest BCUT2D eigenvalue weighted by Gasteiger charge is -2.41. The minimum absolute atomic E-state index is 0.272. The highest BCUT2D eigenvalue weighted by molar-refractivity contribution is 5.79. The third kappa shape index (κ3) is 5.15. The topological polar surface area (TPSA) is 46.5 Å². The van der Waals surface area contributed by atoms with Gasteiger partial charge in [-0.1, -0.05) is 39.0 Å². The lowest BCUT2D eigenvalue weighted by atomic mass is 9.73. The van der Waals surface area contributed by atoms with E-state index < -0.39 is 0 Å². The third-order valence-corrected chi connectivity index (χ3v) is 5.02. The van der Waals surface area contributed by atoms with E-state index in [0.29, 0.717) is 18.6 Å². The number of ether oxygens (including phenoxy) is 1. The van der Waals surface area contributed by atoms with Crippen LogP contribution in [-0.4, -0.2) is 23.3 Å². The van der Waals surface area contributed by atoms with Gasteiger partial charge in [-0.2, -0.15) is 0 Å². The Morgan fingerprint density at radius 2 is 1.78 bits per heavy atom. The van der Waals surface area contributed by atoms with Crippen molar-refractivity contribution in [3.05, 3.63) is 34.9 Å². The summed E-state index contributed by atoms with van der Waals surface area (Å²) in [4.78, 5) is 11.5. The number of rotatable bonds is 5. The quantitative estimate of drug-likeness (QED) is 0.820. The Kier molecular flexibility index (Phi) is 7.93. The first kappa shape index (κ1) is 19.9. The van der Waals surface area contributed by atoms with Gasteiger partial charge in [0.25, 0.3) is 0 Å². The first-order valence-electron chi connectivity index (χ1n) is 8.79. The van der Waals surface area contributed by atoms with Crippen LogP contribution in [0.4, 0.5) is 0 Å². The molecule has 0 amide bonds. The molecular formula is C20H32O3. The minimum atomic E-state index is -0.360. The Balaban J connectivity index is 0.00000127. The summed E-state index contributed by atoms with van der Waals surface area (Å²) in [7, 11) is 0. The van der Waals surface area contributed by atoms with Gasteiger partial charge >= 0.3 is 0 Å². The van der Waals surface area contributed by atoms with Crippen molar-refractivity contribution in [2.45, 2.75) is 72.3 Å². The van der Waals surface area contributed by atoms with E-state index in [1.807, 2.05) is 13.8 Å². The summed E-state index contributed by atoms with van der Waals surface area (Å²) < 4.78 is 5.71. The van der Waals surface area contributed by atoms with Crippen molar-refractivity contribution in [3.63, 3.8) is 0 Å². The smallest absolute Gasteiger partial charge is 0.144 e. The van der Waals surface area contributed by atoms with Crippen LogP contribution in [-0.2, 0) is 16.0 Å². The molecule has 0 saturated heterocycles. The summed E-state index contributed by atoms with van der Waals surface area (Å²) in [5.74, 6) is 0.588. The van der Waals surface area contributed by atoms with Gasteiger partial charge in [0, 0.05) is 12.8 Å². The fraction of sp³-hybridized carbons (Fsp3) is 0.650. The second kappa shape index (κ2) is 9.19. The molecule has 1 saturated carbocycles. The average Bonchev–Trinajstić information content (AvgIpc) is 2.55. The molecule has 130 valence electrons. The summed E-state index contributed by atoms with van der Waals surface area (Å²) in [6.45, 7) is 10.1. The third-order valence-electron chi connectivity index (χ3n) is 5.02. The maximum Gasteiger partial charge on any atom is 0.144 e. The van der Waals surface area contributed by atoms with E-state index in [1.165, 1.54) is 16.7 Å². The lowest BCUT2D eigenvalue weighted by Crippen LogP contribution is -2.44. The van der Waals surface area contributed by atoms with E-state index in [2.05, 4.69) is 39.0 Å². The number of hydrogen-bond donors (Lipinski definition) is 1. The molecule has 1 fully saturated rings. The van der Waals surface area contributed by atoms with E-state index in [9.17, 15) is 9.90 Å². The summed E-state index contributed by atoms with van der Waals surface area (Å²) in [6.07, 6.45) is 3.49. The monoisotopic (exact) mass is 320 g/mol. The van der Waals surface area contributed by atoms with Crippen LogP contribution in [0.2, 0.25) is 0 Å². The SMILES string of the molecule is CC.Cc1ccc(CC(C)C2(OCO)CCC(=O)CC2)cc1C. The van der Waals surface area contributed by atoms with Crippen LogP contribution in [0.5, 0.6) is 0 Å². The lowest BCUT2D eigenvalue weighted by molar-refractivity contribution is -0.164. The predicted octanol–water partition coefficient (Wildman–Crippen LogP) is 4.36. The van der Waals surface area contributed by atoms with Gasteiger partial charge in [0.2, 0.25) is 0 Å². The fourth-order valence-electron chi connectivity index (χ4n) is 3.33. The van der Waals surface area contributed by atoms with Gasteiger partial charge in [0.05, 0.1) is 5.60 Å².